The van der Waals surface area contributed by atoms with Crippen molar-refractivity contribution in [3.05, 3.63) is 35.1 Å². The highest BCUT2D eigenvalue weighted by atomic mass is 32.2. The highest BCUT2D eigenvalue weighted by molar-refractivity contribution is 7.90. The van der Waals surface area contributed by atoms with Crippen LogP contribution >= 0.6 is 0 Å². The summed E-state index contributed by atoms with van der Waals surface area (Å²) >= 11 is 0. The first kappa shape index (κ1) is 14.4. The van der Waals surface area contributed by atoms with Crippen molar-refractivity contribution in [1.82, 2.24) is 0 Å². The minimum Gasteiger partial charge on any atom is -0.377 e. The van der Waals surface area contributed by atoms with Crippen molar-refractivity contribution >= 4 is 9.84 Å². The second-order valence-electron chi connectivity index (χ2n) is 4.82. The molecule has 106 valence electrons. The van der Waals surface area contributed by atoms with E-state index in [1.54, 1.807) is 0 Å². The lowest BCUT2D eigenvalue weighted by Crippen LogP contribution is -2.21. The van der Waals surface area contributed by atoms with Crippen LogP contribution in [0.5, 0.6) is 0 Å². The second kappa shape index (κ2) is 5.98. The predicted octanol–water partition coefficient (Wildman–Crippen LogP) is 1.38. The molecule has 1 aliphatic rings. The van der Waals surface area contributed by atoms with Gasteiger partial charge in [-0.3, -0.25) is 0 Å². The van der Waals surface area contributed by atoms with Crippen molar-refractivity contribution in [1.29, 1.82) is 0 Å². The van der Waals surface area contributed by atoms with Gasteiger partial charge in [-0.05, 0) is 24.5 Å². The SMILES string of the molecule is NCc1cc(CS(=O)(=O)CC2CCCO2)ccc1F. The smallest absolute Gasteiger partial charge is 0.156 e. The van der Waals surface area contributed by atoms with Crippen LogP contribution in [0.1, 0.15) is 24.0 Å². The summed E-state index contributed by atoms with van der Waals surface area (Å²) in [6.45, 7) is 0.694. The van der Waals surface area contributed by atoms with Crippen molar-refractivity contribution in [3.8, 4) is 0 Å². The molecular weight excluding hydrogens is 269 g/mol. The molecule has 0 amide bonds. The number of sulfone groups is 1. The van der Waals surface area contributed by atoms with Crippen LogP contribution in [0.2, 0.25) is 0 Å². The average Bonchev–Trinajstić information content (AvgIpc) is 2.83. The summed E-state index contributed by atoms with van der Waals surface area (Å²) in [5.41, 5.74) is 6.31. The third-order valence-electron chi connectivity index (χ3n) is 3.18. The van der Waals surface area contributed by atoms with Crippen LogP contribution < -0.4 is 5.73 Å². The Labute approximate surface area is 112 Å². The van der Waals surface area contributed by atoms with Crippen LogP contribution in [0.3, 0.4) is 0 Å². The molecule has 4 nitrogen and oxygen atoms in total. The van der Waals surface area contributed by atoms with Gasteiger partial charge >= 0.3 is 0 Å². The van der Waals surface area contributed by atoms with E-state index < -0.39 is 15.7 Å². The molecule has 1 atom stereocenters. The molecular formula is C13H18FNO3S. The average molecular weight is 287 g/mol. The van der Waals surface area contributed by atoms with E-state index in [4.69, 9.17) is 10.5 Å². The topological polar surface area (TPSA) is 69.4 Å². The van der Waals surface area contributed by atoms with Crippen molar-refractivity contribution in [2.24, 2.45) is 5.73 Å². The summed E-state index contributed by atoms with van der Waals surface area (Å²) < 4.78 is 42.7. The highest BCUT2D eigenvalue weighted by Gasteiger charge is 2.23. The van der Waals surface area contributed by atoms with Crippen LogP contribution in [0.15, 0.2) is 18.2 Å². The van der Waals surface area contributed by atoms with Gasteiger partial charge < -0.3 is 10.5 Å². The Kier molecular flexibility index (Phi) is 4.54. The standard InChI is InChI=1S/C13H18FNO3S/c14-13-4-3-10(6-11(13)7-15)8-19(16,17)9-12-2-1-5-18-12/h3-4,6,12H,1-2,5,7-9,15H2. The molecule has 2 rings (SSSR count). The summed E-state index contributed by atoms with van der Waals surface area (Å²) in [5, 5.41) is 0. The number of rotatable bonds is 5. The number of hydrogen-bond donors (Lipinski definition) is 1. The Morgan fingerprint density at radius 3 is 2.84 bits per heavy atom. The van der Waals surface area contributed by atoms with E-state index in [1.165, 1.54) is 18.2 Å². The second-order valence-corrected chi connectivity index (χ2v) is 6.93. The van der Waals surface area contributed by atoms with Gasteiger partial charge in [-0.2, -0.15) is 0 Å². The largest absolute Gasteiger partial charge is 0.377 e. The summed E-state index contributed by atoms with van der Waals surface area (Å²) in [4.78, 5) is 0. The maximum Gasteiger partial charge on any atom is 0.156 e. The molecule has 0 aliphatic carbocycles. The van der Waals surface area contributed by atoms with Gasteiger partial charge in [-0.1, -0.05) is 12.1 Å². The molecule has 0 aromatic heterocycles. The maximum absolute atomic E-state index is 13.3. The molecule has 0 spiro atoms. The Morgan fingerprint density at radius 2 is 2.21 bits per heavy atom. The molecule has 2 N–H and O–H groups in total. The fraction of sp³-hybridized carbons (Fsp3) is 0.538. The van der Waals surface area contributed by atoms with Crippen LogP contribution in [0, 0.1) is 5.82 Å². The molecule has 1 saturated heterocycles. The van der Waals surface area contributed by atoms with Gasteiger partial charge in [0.15, 0.2) is 9.84 Å². The van der Waals surface area contributed by atoms with Gasteiger partial charge in [-0.15, -0.1) is 0 Å². The molecule has 0 bridgehead atoms. The predicted molar refractivity (Wildman–Crippen MR) is 70.8 cm³/mol. The maximum atomic E-state index is 13.3. The van der Waals surface area contributed by atoms with E-state index in [0.717, 1.165) is 12.8 Å². The zero-order valence-corrected chi connectivity index (χ0v) is 11.5. The Morgan fingerprint density at radius 1 is 1.42 bits per heavy atom. The van der Waals surface area contributed by atoms with Gasteiger partial charge in [0.1, 0.15) is 5.82 Å². The van der Waals surface area contributed by atoms with E-state index in [-0.39, 0.29) is 24.2 Å². The fourth-order valence-electron chi connectivity index (χ4n) is 2.25. The van der Waals surface area contributed by atoms with Crippen LogP contribution in [0.25, 0.3) is 0 Å². The van der Waals surface area contributed by atoms with E-state index >= 15 is 0 Å². The first-order valence-electron chi connectivity index (χ1n) is 6.29. The van der Waals surface area contributed by atoms with Gasteiger partial charge in [0.25, 0.3) is 0 Å². The van der Waals surface area contributed by atoms with Crippen molar-refractivity contribution in [3.63, 3.8) is 0 Å². The molecule has 1 aliphatic heterocycles. The third-order valence-corrected chi connectivity index (χ3v) is 4.83. The highest BCUT2D eigenvalue weighted by Crippen LogP contribution is 2.18. The molecule has 1 heterocycles. The lowest BCUT2D eigenvalue weighted by molar-refractivity contribution is 0.127. The molecule has 0 saturated carbocycles. The zero-order valence-electron chi connectivity index (χ0n) is 10.6. The van der Waals surface area contributed by atoms with Gasteiger partial charge in [0.2, 0.25) is 0 Å². The minimum atomic E-state index is -3.24. The first-order valence-corrected chi connectivity index (χ1v) is 8.12. The van der Waals surface area contributed by atoms with Crippen molar-refractivity contribution < 1.29 is 17.5 Å². The Hall–Kier alpha value is -0.980. The summed E-state index contributed by atoms with van der Waals surface area (Å²) in [7, 11) is -3.24. The normalized spacial score (nSPS) is 19.8. The number of ether oxygens (including phenoxy) is 1. The monoisotopic (exact) mass is 287 g/mol. The van der Waals surface area contributed by atoms with Crippen LogP contribution in [-0.4, -0.2) is 26.9 Å². The van der Waals surface area contributed by atoms with Gasteiger partial charge in [0, 0.05) is 18.7 Å². The zero-order chi connectivity index (χ0) is 13.9. The van der Waals surface area contributed by atoms with E-state index in [0.29, 0.717) is 17.7 Å². The van der Waals surface area contributed by atoms with Crippen LogP contribution in [-0.2, 0) is 26.9 Å². The minimum absolute atomic E-state index is 0.0301. The van der Waals surface area contributed by atoms with Crippen molar-refractivity contribution in [2.45, 2.75) is 31.2 Å². The molecule has 1 unspecified atom stereocenters. The summed E-state index contributed by atoms with van der Waals surface area (Å²) in [6, 6.07) is 4.27. The number of benzene rings is 1. The van der Waals surface area contributed by atoms with E-state index in [1.807, 2.05) is 0 Å². The van der Waals surface area contributed by atoms with E-state index in [2.05, 4.69) is 0 Å². The molecule has 1 aromatic carbocycles. The summed E-state index contributed by atoms with van der Waals surface area (Å²) in [5.74, 6) is -0.467. The molecule has 6 heteroatoms. The fourth-order valence-corrected chi connectivity index (χ4v) is 3.88. The molecule has 19 heavy (non-hydrogen) atoms. The quantitative estimate of drug-likeness (QED) is 0.888. The third kappa shape index (κ3) is 3.99. The number of nitrogens with two attached hydrogens (primary N) is 1. The lowest BCUT2D eigenvalue weighted by atomic mass is 10.1. The lowest BCUT2D eigenvalue weighted by Gasteiger charge is -2.11. The number of halogens is 1. The number of hydrogen-bond acceptors (Lipinski definition) is 4. The van der Waals surface area contributed by atoms with Crippen molar-refractivity contribution in [2.75, 3.05) is 12.4 Å². The van der Waals surface area contributed by atoms with Crippen LogP contribution in [0.4, 0.5) is 4.39 Å². The van der Waals surface area contributed by atoms with Gasteiger partial charge in [-0.25, -0.2) is 12.8 Å². The van der Waals surface area contributed by atoms with E-state index in [9.17, 15) is 12.8 Å². The molecule has 1 aromatic rings. The molecule has 1 fully saturated rings. The molecule has 0 radical (unpaired) electrons. The Bertz CT molecular complexity index is 539. The first-order chi connectivity index (χ1) is 9.00. The Balaban J connectivity index is 2.06. The summed E-state index contributed by atoms with van der Waals surface area (Å²) in [6.07, 6.45) is 1.50. The van der Waals surface area contributed by atoms with Gasteiger partial charge in [0.05, 0.1) is 17.6 Å².